The molecule has 0 spiro atoms. The van der Waals surface area contributed by atoms with Crippen molar-refractivity contribution in [1.82, 2.24) is 14.7 Å². The third kappa shape index (κ3) is 3.67. The van der Waals surface area contributed by atoms with E-state index < -0.39 is 0 Å². The molecule has 5 nitrogen and oxygen atoms in total. The highest BCUT2D eigenvalue weighted by molar-refractivity contribution is 5.80. The standard InChI is InChI=1S/C23H33N3O2/c1-16(9-10-25-23-13-21(27-2)8-5-18(23)14-24-25)26-19-6-7-20(26)12-22(11-19)28-15-17-3-4-17/h5,8,13-14,16-17,19-20,22H,3-4,6-7,9-12,15H2,1-2H3. The van der Waals surface area contributed by atoms with Crippen molar-refractivity contribution in [2.24, 2.45) is 5.92 Å². The number of methoxy groups -OCH3 is 1. The first-order valence-corrected chi connectivity index (χ1v) is 11.1. The molecule has 1 saturated carbocycles. The Kier molecular flexibility index (Phi) is 5.06. The van der Waals surface area contributed by atoms with E-state index >= 15 is 0 Å². The number of rotatable bonds is 8. The zero-order chi connectivity index (χ0) is 19.1. The van der Waals surface area contributed by atoms with Crippen LogP contribution in [0.5, 0.6) is 5.75 Å². The van der Waals surface area contributed by atoms with Crippen LogP contribution in [0.3, 0.4) is 0 Å². The van der Waals surface area contributed by atoms with Gasteiger partial charge in [-0.25, -0.2) is 0 Å². The van der Waals surface area contributed by atoms with Gasteiger partial charge in [0.05, 0.1) is 24.9 Å². The summed E-state index contributed by atoms with van der Waals surface area (Å²) in [7, 11) is 1.72. The van der Waals surface area contributed by atoms with Gasteiger partial charge in [0.15, 0.2) is 0 Å². The predicted molar refractivity (Wildman–Crippen MR) is 111 cm³/mol. The Hall–Kier alpha value is -1.59. The van der Waals surface area contributed by atoms with Gasteiger partial charge in [0.2, 0.25) is 0 Å². The van der Waals surface area contributed by atoms with Crippen LogP contribution in [0, 0.1) is 5.92 Å². The fourth-order valence-electron chi connectivity index (χ4n) is 5.39. The summed E-state index contributed by atoms with van der Waals surface area (Å²) in [6.45, 7) is 4.37. The summed E-state index contributed by atoms with van der Waals surface area (Å²) in [5.74, 6) is 1.77. The molecule has 1 aromatic heterocycles. The molecule has 2 saturated heterocycles. The maximum absolute atomic E-state index is 6.25. The van der Waals surface area contributed by atoms with Gasteiger partial charge < -0.3 is 9.47 Å². The van der Waals surface area contributed by atoms with Gasteiger partial charge in [-0.2, -0.15) is 5.10 Å². The van der Waals surface area contributed by atoms with E-state index in [1.165, 1.54) is 49.4 Å². The number of piperidine rings is 1. The second-order valence-electron chi connectivity index (χ2n) is 9.13. The van der Waals surface area contributed by atoms with Gasteiger partial charge in [0.25, 0.3) is 0 Å². The SMILES string of the molecule is COc1ccc2cnn(CCC(C)N3C4CCC3CC(OCC3CC3)C4)c2c1. The van der Waals surface area contributed by atoms with Gasteiger partial charge in [-0.05, 0) is 69.9 Å². The molecule has 5 rings (SSSR count). The van der Waals surface area contributed by atoms with Crippen LogP contribution in [0.15, 0.2) is 24.4 Å². The number of aromatic nitrogens is 2. The summed E-state index contributed by atoms with van der Waals surface area (Å²) in [4.78, 5) is 2.81. The normalized spacial score (nSPS) is 28.7. The molecule has 28 heavy (non-hydrogen) atoms. The van der Waals surface area contributed by atoms with Gasteiger partial charge in [0.1, 0.15) is 5.75 Å². The van der Waals surface area contributed by atoms with Crippen LogP contribution in [0.4, 0.5) is 0 Å². The predicted octanol–water partition coefficient (Wildman–Crippen LogP) is 4.25. The van der Waals surface area contributed by atoms with Crippen molar-refractivity contribution >= 4 is 10.9 Å². The molecule has 152 valence electrons. The highest BCUT2D eigenvalue weighted by Crippen LogP contribution is 2.40. The van der Waals surface area contributed by atoms with Crippen LogP contribution in [0.25, 0.3) is 10.9 Å². The molecule has 1 aliphatic carbocycles. The molecule has 3 aliphatic rings. The molecule has 3 heterocycles. The molecule has 3 fully saturated rings. The lowest BCUT2D eigenvalue weighted by Gasteiger charge is -2.42. The lowest BCUT2D eigenvalue weighted by atomic mass is 9.97. The molecular formula is C23H33N3O2. The zero-order valence-corrected chi connectivity index (χ0v) is 17.2. The number of benzene rings is 1. The zero-order valence-electron chi connectivity index (χ0n) is 17.2. The van der Waals surface area contributed by atoms with Crippen molar-refractivity contribution in [1.29, 1.82) is 0 Å². The van der Waals surface area contributed by atoms with Crippen LogP contribution < -0.4 is 4.74 Å². The number of ether oxygens (including phenoxy) is 2. The number of aryl methyl sites for hydroxylation is 1. The number of nitrogens with zero attached hydrogens (tertiary/aromatic N) is 3. The summed E-state index contributed by atoms with van der Waals surface area (Å²) in [6, 6.07) is 8.21. The first-order valence-electron chi connectivity index (χ1n) is 11.1. The van der Waals surface area contributed by atoms with E-state index in [1.807, 2.05) is 12.3 Å². The maximum Gasteiger partial charge on any atom is 0.121 e. The molecule has 3 unspecified atom stereocenters. The third-order valence-corrected chi connectivity index (χ3v) is 7.13. The Labute approximate surface area is 168 Å². The lowest BCUT2D eigenvalue weighted by Crippen LogP contribution is -2.50. The maximum atomic E-state index is 6.25. The Morgan fingerprint density at radius 2 is 1.93 bits per heavy atom. The fraction of sp³-hybridized carbons (Fsp3) is 0.696. The molecule has 5 heteroatoms. The minimum absolute atomic E-state index is 0.504. The Balaban J connectivity index is 1.20. The van der Waals surface area contributed by atoms with Crippen molar-refractivity contribution in [3.05, 3.63) is 24.4 Å². The molecule has 0 N–H and O–H groups in total. The Bertz CT molecular complexity index is 801. The van der Waals surface area contributed by atoms with Crippen molar-refractivity contribution in [3.8, 4) is 5.75 Å². The van der Waals surface area contributed by atoms with Crippen LogP contribution in [0.1, 0.15) is 51.9 Å². The molecule has 2 bridgehead atoms. The van der Waals surface area contributed by atoms with Gasteiger partial charge in [0, 0.05) is 42.7 Å². The summed E-state index contributed by atoms with van der Waals surface area (Å²) >= 11 is 0. The molecular weight excluding hydrogens is 350 g/mol. The van der Waals surface area contributed by atoms with E-state index in [-0.39, 0.29) is 0 Å². The second kappa shape index (κ2) is 7.68. The first kappa shape index (κ1) is 18.4. The summed E-state index contributed by atoms with van der Waals surface area (Å²) in [5.41, 5.74) is 1.17. The van der Waals surface area contributed by atoms with Gasteiger partial charge in [-0.1, -0.05) is 0 Å². The summed E-state index contributed by atoms with van der Waals surface area (Å²) in [6.07, 6.45) is 11.5. The van der Waals surface area contributed by atoms with E-state index in [9.17, 15) is 0 Å². The second-order valence-corrected chi connectivity index (χ2v) is 9.13. The van der Waals surface area contributed by atoms with Gasteiger partial charge in [-0.3, -0.25) is 9.58 Å². The highest BCUT2D eigenvalue weighted by Gasteiger charge is 2.43. The van der Waals surface area contributed by atoms with Crippen molar-refractivity contribution in [2.45, 2.75) is 82.6 Å². The van der Waals surface area contributed by atoms with E-state index in [4.69, 9.17) is 9.47 Å². The Morgan fingerprint density at radius 3 is 2.64 bits per heavy atom. The fourth-order valence-corrected chi connectivity index (χ4v) is 5.39. The monoisotopic (exact) mass is 383 g/mol. The molecule has 2 aliphatic heterocycles. The van der Waals surface area contributed by atoms with Crippen molar-refractivity contribution in [3.63, 3.8) is 0 Å². The average molecular weight is 384 g/mol. The lowest BCUT2D eigenvalue weighted by molar-refractivity contribution is -0.0360. The van der Waals surface area contributed by atoms with E-state index in [2.05, 4.69) is 33.7 Å². The van der Waals surface area contributed by atoms with E-state index in [0.717, 1.165) is 31.2 Å². The molecule has 0 radical (unpaired) electrons. The van der Waals surface area contributed by atoms with Crippen LogP contribution >= 0.6 is 0 Å². The van der Waals surface area contributed by atoms with Crippen LogP contribution in [0.2, 0.25) is 0 Å². The van der Waals surface area contributed by atoms with Gasteiger partial charge >= 0.3 is 0 Å². The third-order valence-electron chi connectivity index (χ3n) is 7.13. The van der Waals surface area contributed by atoms with Crippen LogP contribution in [-0.2, 0) is 11.3 Å². The molecule has 3 atom stereocenters. The topological polar surface area (TPSA) is 39.5 Å². The minimum Gasteiger partial charge on any atom is -0.497 e. The minimum atomic E-state index is 0.504. The molecule has 2 aromatic rings. The molecule has 1 aromatic carbocycles. The van der Waals surface area contributed by atoms with Crippen molar-refractivity contribution < 1.29 is 9.47 Å². The average Bonchev–Trinajstić information content (AvgIpc) is 3.40. The quantitative estimate of drug-likeness (QED) is 0.683. The summed E-state index contributed by atoms with van der Waals surface area (Å²) < 4.78 is 13.8. The molecule has 0 amide bonds. The largest absolute Gasteiger partial charge is 0.497 e. The smallest absolute Gasteiger partial charge is 0.121 e. The number of hydrogen-bond donors (Lipinski definition) is 0. The van der Waals surface area contributed by atoms with Gasteiger partial charge in [-0.15, -0.1) is 0 Å². The van der Waals surface area contributed by atoms with Crippen LogP contribution in [-0.4, -0.2) is 52.6 Å². The van der Waals surface area contributed by atoms with E-state index in [0.29, 0.717) is 24.2 Å². The number of hydrogen-bond acceptors (Lipinski definition) is 4. The highest BCUT2D eigenvalue weighted by atomic mass is 16.5. The first-order chi connectivity index (χ1) is 13.7. The van der Waals surface area contributed by atoms with E-state index in [1.54, 1.807) is 7.11 Å². The Morgan fingerprint density at radius 1 is 1.14 bits per heavy atom. The summed E-state index contributed by atoms with van der Waals surface area (Å²) in [5, 5.41) is 5.81. The van der Waals surface area contributed by atoms with Crippen molar-refractivity contribution in [2.75, 3.05) is 13.7 Å². The number of fused-ring (bicyclic) bond motifs is 3.